The topological polar surface area (TPSA) is 78.9 Å². The van der Waals surface area contributed by atoms with Crippen LogP contribution >= 0.6 is 0 Å². The second-order valence-corrected chi connectivity index (χ2v) is 21.3. The predicted octanol–water partition coefficient (Wildman–Crippen LogP) is 22.7. The molecular weight excluding hydrogens is 985 g/mol. The summed E-state index contributed by atoms with van der Waals surface area (Å²) in [7, 11) is 0. The molecule has 0 aliphatic heterocycles. The van der Waals surface area contributed by atoms with E-state index in [1.165, 1.54) is 96.3 Å². The molecular formula is C74H120O6. The molecule has 0 saturated heterocycles. The van der Waals surface area contributed by atoms with E-state index in [0.29, 0.717) is 25.7 Å². The third-order valence-electron chi connectivity index (χ3n) is 13.6. The molecule has 0 fully saturated rings. The monoisotopic (exact) mass is 1100 g/mol. The average molecular weight is 1110 g/mol. The Bertz CT molecular complexity index is 1750. The van der Waals surface area contributed by atoms with Gasteiger partial charge in [-0.05, 0) is 128 Å². The predicted molar refractivity (Wildman–Crippen MR) is 348 cm³/mol. The highest BCUT2D eigenvalue weighted by Gasteiger charge is 2.19. The molecule has 0 aromatic carbocycles. The Balaban J connectivity index is 4.39. The van der Waals surface area contributed by atoms with Gasteiger partial charge in [-0.25, -0.2) is 0 Å². The van der Waals surface area contributed by atoms with Crippen LogP contribution in [0.4, 0.5) is 0 Å². The lowest BCUT2D eigenvalue weighted by atomic mass is 10.0. The first-order valence-electron chi connectivity index (χ1n) is 32.8. The number of unbranched alkanes of at least 4 members (excludes halogenated alkanes) is 23. The number of rotatable bonds is 58. The van der Waals surface area contributed by atoms with Gasteiger partial charge in [-0.2, -0.15) is 0 Å². The molecule has 80 heavy (non-hydrogen) atoms. The summed E-state index contributed by atoms with van der Waals surface area (Å²) in [5.41, 5.74) is 0. The van der Waals surface area contributed by atoms with Crippen molar-refractivity contribution in [3.63, 3.8) is 0 Å². The molecule has 0 heterocycles. The lowest BCUT2D eigenvalue weighted by Gasteiger charge is -2.18. The number of allylic oxidation sites excluding steroid dienone is 24. The Morgan fingerprint density at radius 1 is 0.263 bits per heavy atom. The van der Waals surface area contributed by atoms with Gasteiger partial charge in [-0.1, -0.05) is 282 Å². The Labute approximate surface area is 493 Å². The molecule has 452 valence electrons. The summed E-state index contributed by atoms with van der Waals surface area (Å²) in [6.07, 6.45) is 95.7. The quantitative estimate of drug-likeness (QED) is 0.0261. The van der Waals surface area contributed by atoms with Gasteiger partial charge in [0.25, 0.3) is 0 Å². The smallest absolute Gasteiger partial charge is 0.306 e. The summed E-state index contributed by atoms with van der Waals surface area (Å²) >= 11 is 0. The number of hydrogen-bond acceptors (Lipinski definition) is 6. The van der Waals surface area contributed by atoms with Gasteiger partial charge < -0.3 is 14.2 Å². The standard InChI is InChI=1S/C74H120O6/c1-4-7-10-13-16-19-22-25-28-29-30-31-32-33-34-35-36-37-38-39-40-41-42-43-44-45-47-49-52-55-58-61-64-67-73(76)79-70-71(69-78-72(75)66-63-60-57-54-51-48-27-24-21-18-15-12-9-6-3)80-74(77)68-65-62-59-56-53-50-46-26-23-20-17-14-11-8-5-2/h7,10,16-17,19-20,25-26,28,30-31,33-34,36-37,39-40,42-43,45-47,52,55,71H,4-6,8-9,11-15,18,21-24,27,29,32,35,38,41,44,48-51,53-54,56-70H2,1-3H3/b10-7-,19-16-,20-17-,28-25-,31-30-,34-33-,37-36-,40-39-,43-42-,46-26-,47-45-,55-52-. The molecule has 0 aromatic heterocycles. The first-order valence-corrected chi connectivity index (χ1v) is 32.8. The fraction of sp³-hybridized carbons (Fsp3) is 0.635. The van der Waals surface area contributed by atoms with Crippen molar-refractivity contribution in [2.45, 2.75) is 290 Å². The highest BCUT2D eigenvalue weighted by molar-refractivity contribution is 5.71. The van der Waals surface area contributed by atoms with Crippen molar-refractivity contribution >= 4 is 17.9 Å². The molecule has 6 heteroatoms. The highest BCUT2D eigenvalue weighted by Crippen LogP contribution is 2.15. The van der Waals surface area contributed by atoms with Gasteiger partial charge >= 0.3 is 17.9 Å². The van der Waals surface area contributed by atoms with Crippen LogP contribution in [0, 0.1) is 0 Å². The van der Waals surface area contributed by atoms with Crippen LogP contribution < -0.4 is 0 Å². The van der Waals surface area contributed by atoms with E-state index in [1.54, 1.807) is 0 Å². The van der Waals surface area contributed by atoms with Crippen molar-refractivity contribution in [1.29, 1.82) is 0 Å². The van der Waals surface area contributed by atoms with Crippen molar-refractivity contribution in [2.24, 2.45) is 0 Å². The molecule has 0 bridgehead atoms. The summed E-state index contributed by atoms with van der Waals surface area (Å²) in [5, 5.41) is 0. The third-order valence-corrected chi connectivity index (χ3v) is 13.6. The minimum atomic E-state index is -0.808. The van der Waals surface area contributed by atoms with Gasteiger partial charge in [0, 0.05) is 19.3 Å². The van der Waals surface area contributed by atoms with Crippen LogP contribution in [0.25, 0.3) is 0 Å². The minimum absolute atomic E-state index is 0.0994. The number of carbonyl (C=O) groups is 3. The Kier molecular flexibility index (Phi) is 62.9. The molecule has 1 atom stereocenters. The minimum Gasteiger partial charge on any atom is -0.462 e. The summed E-state index contributed by atoms with van der Waals surface area (Å²) in [6.45, 7) is 6.46. The fourth-order valence-corrected chi connectivity index (χ4v) is 8.68. The maximum Gasteiger partial charge on any atom is 0.306 e. The van der Waals surface area contributed by atoms with Crippen molar-refractivity contribution in [2.75, 3.05) is 13.2 Å². The summed E-state index contributed by atoms with van der Waals surface area (Å²) in [6, 6.07) is 0. The van der Waals surface area contributed by atoms with E-state index in [9.17, 15) is 14.4 Å². The molecule has 0 saturated carbocycles. The largest absolute Gasteiger partial charge is 0.462 e. The van der Waals surface area contributed by atoms with Crippen molar-refractivity contribution < 1.29 is 28.6 Å². The van der Waals surface area contributed by atoms with Gasteiger partial charge in [0.15, 0.2) is 6.10 Å². The maximum absolute atomic E-state index is 12.9. The second-order valence-electron chi connectivity index (χ2n) is 21.3. The van der Waals surface area contributed by atoms with Gasteiger partial charge in [0.2, 0.25) is 0 Å². The van der Waals surface area contributed by atoms with Gasteiger partial charge in [0.1, 0.15) is 13.2 Å². The highest BCUT2D eigenvalue weighted by atomic mass is 16.6. The summed E-state index contributed by atoms with van der Waals surface area (Å²) in [4.78, 5) is 38.3. The lowest BCUT2D eigenvalue weighted by Crippen LogP contribution is -2.30. The molecule has 0 amide bonds. The average Bonchev–Trinajstić information content (AvgIpc) is 3.46. The molecule has 6 nitrogen and oxygen atoms in total. The van der Waals surface area contributed by atoms with Crippen molar-refractivity contribution in [1.82, 2.24) is 0 Å². The normalized spacial score (nSPS) is 13.1. The Hall–Kier alpha value is -4.71. The van der Waals surface area contributed by atoms with E-state index >= 15 is 0 Å². The van der Waals surface area contributed by atoms with E-state index < -0.39 is 6.10 Å². The van der Waals surface area contributed by atoms with E-state index in [0.717, 1.165) is 141 Å². The number of ether oxygens (including phenoxy) is 3. The SMILES string of the molecule is CC/C=C\C/C=C\C/C=C\C/C=C\C/C=C\C/C=C\C/C=C\C/C=C\C/C=C\C/C=C\CCCCC(=O)OCC(COC(=O)CCCCCCCCCCCCCCCC)OC(=O)CCCCCCC/C=C\C/C=C\CCCCC. The van der Waals surface area contributed by atoms with Crippen LogP contribution in [0.1, 0.15) is 284 Å². The number of hydrogen-bond donors (Lipinski definition) is 0. The number of esters is 3. The van der Waals surface area contributed by atoms with Crippen LogP contribution in [-0.4, -0.2) is 37.2 Å². The Morgan fingerprint density at radius 3 is 0.812 bits per heavy atom. The van der Waals surface area contributed by atoms with E-state index in [4.69, 9.17) is 14.2 Å². The van der Waals surface area contributed by atoms with Crippen molar-refractivity contribution in [3.8, 4) is 0 Å². The third kappa shape index (κ3) is 64.1. The van der Waals surface area contributed by atoms with Crippen LogP contribution in [0.15, 0.2) is 146 Å². The molecule has 0 aliphatic carbocycles. The zero-order valence-electron chi connectivity index (χ0n) is 51.8. The fourth-order valence-electron chi connectivity index (χ4n) is 8.68. The molecule has 0 rings (SSSR count). The molecule has 0 N–H and O–H groups in total. The zero-order valence-corrected chi connectivity index (χ0v) is 51.8. The van der Waals surface area contributed by atoms with Crippen LogP contribution in [0.2, 0.25) is 0 Å². The molecule has 1 unspecified atom stereocenters. The maximum atomic E-state index is 12.9. The zero-order chi connectivity index (χ0) is 57.8. The van der Waals surface area contributed by atoms with Crippen LogP contribution in [0.3, 0.4) is 0 Å². The molecule has 0 aromatic rings. The van der Waals surface area contributed by atoms with E-state index in [2.05, 4.69) is 167 Å². The first-order chi connectivity index (χ1) is 39.5. The van der Waals surface area contributed by atoms with E-state index in [-0.39, 0.29) is 31.1 Å². The van der Waals surface area contributed by atoms with Gasteiger partial charge in [-0.3, -0.25) is 14.4 Å². The second kappa shape index (κ2) is 66.8. The first kappa shape index (κ1) is 75.3. The van der Waals surface area contributed by atoms with Crippen molar-refractivity contribution in [3.05, 3.63) is 146 Å². The number of carbonyl (C=O) groups excluding carboxylic acids is 3. The lowest BCUT2D eigenvalue weighted by molar-refractivity contribution is -0.167. The van der Waals surface area contributed by atoms with Gasteiger partial charge in [0.05, 0.1) is 0 Å². The summed E-state index contributed by atoms with van der Waals surface area (Å²) < 4.78 is 16.9. The molecule has 0 radical (unpaired) electrons. The van der Waals surface area contributed by atoms with E-state index in [1.807, 2.05) is 0 Å². The van der Waals surface area contributed by atoms with Crippen LogP contribution in [0.5, 0.6) is 0 Å². The Morgan fingerprint density at radius 2 is 0.487 bits per heavy atom. The molecule has 0 spiro atoms. The summed E-state index contributed by atoms with van der Waals surface area (Å²) in [5.74, 6) is -0.957. The molecule has 0 aliphatic rings. The van der Waals surface area contributed by atoms with Gasteiger partial charge in [-0.15, -0.1) is 0 Å². The van der Waals surface area contributed by atoms with Crippen LogP contribution in [-0.2, 0) is 28.6 Å².